The first-order chi connectivity index (χ1) is 12.5. The molecular weight excluding hydrogens is 330 g/mol. The van der Waals surface area contributed by atoms with Gasteiger partial charge in [0.1, 0.15) is 0 Å². The average molecular weight is 359 g/mol. The summed E-state index contributed by atoms with van der Waals surface area (Å²) < 4.78 is 0. The summed E-state index contributed by atoms with van der Waals surface area (Å²) >= 11 is 0. The van der Waals surface area contributed by atoms with Crippen molar-refractivity contribution < 1.29 is 9.90 Å². The molecular formula is C19H29N5O2. The van der Waals surface area contributed by atoms with Crippen molar-refractivity contribution in [3.63, 3.8) is 0 Å². The number of amides is 2. The Labute approximate surface area is 155 Å². The maximum Gasteiger partial charge on any atom is 0.327 e. The van der Waals surface area contributed by atoms with Gasteiger partial charge in [0, 0.05) is 13.2 Å². The molecule has 0 heterocycles. The van der Waals surface area contributed by atoms with Crippen LogP contribution in [-0.4, -0.2) is 41.9 Å². The molecule has 0 saturated carbocycles. The molecule has 0 spiro atoms. The molecule has 0 rings (SSSR count). The number of allylic oxidation sites excluding steroid dienone is 3. The molecule has 7 heteroatoms. The van der Waals surface area contributed by atoms with Crippen molar-refractivity contribution >= 4 is 18.7 Å². The van der Waals surface area contributed by atoms with Crippen LogP contribution in [0.4, 0.5) is 4.79 Å². The highest BCUT2D eigenvalue weighted by atomic mass is 16.2. The Hall–Kier alpha value is -2.93. The molecule has 2 amide bonds. The van der Waals surface area contributed by atoms with E-state index in [0.29, 0.717) is 29.8 Å². The third-order valence-corrected chi connectivity index (χ3v) is 3.11. The van der Waals surface area contributed by atoms with Crippen molar-refractivity contribution in [2.45, 2.75) is 26.2 Å². The Balaban J connectivity index is 5.49. The molecule has 0 aliphatic carbocycles. The molecule has 5 N–H and O–H groups in total. The lowest BCUT2D eigenvalue weighted by Gasteiger charge is -2.22. The fourth-order valence-corrected chi connectivity index (χ4v) is 1.89. The predicted octanol–water partition coefficient (Wildman–Crippen LogP) is 2.84. The van der Waals surface area contributed by atoms with E-state index in [-0.39, 0.29) is 13.2 Å². The largest absolute Gasteiger partial charge is 0.396 e. The van der Waals surface area contributed by atoms with Crippen LogP contribution in [0.5, 0.6) is 0 Å². The number of hydrogen-bond acceptors (Lipinski definition) is 4. The zero-order valence-corrected chi connectivity index (χ0v) is 15.3. The number of carbonyl (C=O) groups excluding carboxylic acids is 1. The highest BCUT2D eigenvalue weighted by Crippen LogP contribution is 2.18. The summed E-state index contributed by atoms with van der Waals surface area (Å²) in [5.74, 6) is 0. The summed E-state index contributed by atoms with van der Waals surface area (Å²) in [6.45, 7) is 9.57. The molecule has 7 nitrogen and oxygen atoms in total. The number of nitrogens with two attached hydrogens (primary N) is 1. The zero-order valence-electron chi connectivity index (χ0n) is 15.3. The van der Waals surface area contributed by atoms with E-state index in [0.717, 1.165) is 24.0 Å². The first kappa shape index (κ1) is 23.1. The molecule has 142 valence electrons. The van der Waals surface area contributed by atoms with Crippen molar-refractivity contribution in [2.75, 3.05) is 13.2 Å². The summed E-state index contributed by atoms with van der Waals surface area (Å²) in [7, 11) is 0. The molecule has 0 aromatic carbocycles. The highest BCUT2D eigenvalue weighted by Gasteiger charge is 2.18. The Kier molecular flexibility index (Phi) is 12.8. The van der Waals surface area contributed by atoms with E-state index >= 15 is 0 Å². The zero-order chi connectivity index (χ0) is 19.8. The van der Waals surface area contributed by atoms with Crippen LogP contribution in [0.2, 0.25) is 0 Å². The lowest BCUT2D eigenvalue weighted by atomic mass is 10.2. The van der Waals surface area contributed by atoms with Gasteiger partial charge in [-0.2, -0.15) is 0 Å². The van der Waals surface area contributed by atoms with E-state index in [1.165, 1.54) is 0 Å². The summed E-state index contributed by atoms with van der Waals surface area (Å²) in [5, 5.41) is 19.4. The van der Waals surface area contributed by atoms with E-state index in [4.69, 9.17) is 16.2 Å². The number of aliphatic imine (C=N–C) groups is 1. The van der Waals surface area contributed by atoms with Crippen LogP contribution < -0.4 is 11.1 Å². The second-order valence-corrected chi connectivity index (χ2v) is 5.17. The molecule has 0 aromatic rings. The fourth-order valence-electron chi connectivity index (χ4n) is 1.89. The van der Waals surface area contributed by atoms with Gasteiger partial charge in [-0.3, -0.25) is 10.3 Å². The van der Waals surface area contributed by atoms with Crippen molar-refractivity contribution in [3.8, 4) is 0 Å². The number of carbonyl (C=O) groups is 1. The lowest BCUT2D eigenvalue weighted by Crippen LogP contribution is -2.39. The average Bonchev–Trinajstić information content (AvgIpc) is 2.65. The third kappa shape index (κ3) is 8.79. The van der Waals surface area contributed by atoms with Crippen LogP contribution in [-0.2, 0) is 0 Å². The smallest absolute Gasteiger partial charge is 0.327 e. The van der Waals surface area contributed by atoms with Gasteiger partial charge in [0.25, 0.3) is 0 Å². The van der Waals surface area contributed by atoms with Gasteiger partial charge in [0.05, 0.1) is 24.1 Å². The third-order valence-electron chi connectivity index (χ3n) is 3.11. The quantitative estimate of drug-likeness (QED) is 0.244. The number of nitrogens with one attached hydrogen (secondary N) is 2. The minimum atomic E-state index is -0.488. The minimum Gasteiger partial charge on any atom is -0.396 e. The monoisotopic (exact) mass is 359 g/mol. The maximum atomic E-state index is 12.5. The van der Waals surface area contributed by atoms with Gasteiger partial charge in [0.2, 0.25) is 0 Å². The molecule has 0 saturated heterocycles. The van der Waals surface area contributed by atoms with Crippen LogP contribution in [0.25, 0.3) is 0 Å². The van der Waals surface area contributed by atoms with Crippen molar-refractivity contribution in [1.29, 1.82) is 5.41 Å². The molecule has 26 heavy (non-hydrogen) atoms. The topological polar surface area (TPSA) is 115 Å². The fraction of sp³-hybridized carbons (Fsp3) is 0.316. The molecule has 0 bridgehead atoms. The molecule has 0 aliphatic rings. The molecule has 0 fully saturated rings. The standard InChI is InChI=1S/C19H29N5O2/c1-4-6-9-16(3)13-22-19(26)24(15-21)18(11-7-5-2)17(23-14-20)10-8-12-25/h4,6,9-11,14-15,21,25H,1,3,5,7-8,12-13H2,2H3,(H2,20,23)(H,22,26)/b9-6-,17-10+,18-11+,21-15?. The van der Waals surface area contributed by atoms with E-state index in [2.05, 4.69) is 23.5 Å². The Bertz CT molecular complexity index is 603. The predicted molar refractivity (Wildman–Crippen MR) is 108 cm³/mol. The van der Waals surface area contributed by atoms with Crippen molar-refractivity contribution in [3.05, 3.63) is 60.5 Å². The second kappa shape index (κ2) is 14.4. The summed E-state index contributed by atoms with van der Waals surface area (Å²) in [4.78, 5) is 17.7. The Morgan fingerprint density at radius 2 is 2.12 bits per heavy atom. The van der Waals surface area contributed by atoms with Gasteiger partial charge >= 0.3 is 6.03 Å². The van der Waals surface area contributed by atoms with Gasteiger partial charge < -0.3 is 16.2 Å². The lowest BCUT2D eigenvalue weighted by molar-refractivity contribution is 0.229. The Morgan fingerprint density at radius 1 is 1.38 bits per heavy atom. The van der Waals surface area contributed by atoms with Crippen molar-refractivity contribution in [1.82, 2.24) is 10.2 Å². The Morgan fingerprint density at radius 3 is 2.65 bits per heavy atom. The van der Waals surface area contributed by atoms with E-state index in [1.54, 1.807) is 24.3 Å². The molecule has 0 radical (unpaired) electrons. The summed E-state index contributed by atoms with van der Waals surface area (Å²) in [5.41, 5.74) is 6.95. The van der Waals surface area contributed by atoms with Crippen LogP contribution in [0, 0.1) is 5.41 Å². The summed E-state index contributed by atoms with van der Waals surface area (Å²) in [6, 6.07) is -0.488. The highest BCUT2D eigenvalue weighted by molar-refractivity contribution is 5.89. The summed E-state index contributed by atoms with van der Waals surface area (Å²) in [6.07, 6.45) is 12.5. The second-order valence-electron chi connectivity index (χ2n) is 5.17. The number of unbranched alkanes of at least 4 members (excludes halogenated alkanes) is 1. The number of nitrogens with zero attached hydrogens (tertiary/aromatic N) is 2. The molecule has 0 aliphatic heterocycles. The van der Waals surface area contributed by atoms with Crippen LogP contribution in [0.3, 0.4) is 0 Å². The number of aliphatic hydroxyl groups excluding tert-OH is 1. The number of aliphatic hydroxyl groups is 1. The van der Waals surface area contributed by atoms with Crippen LogP contribution >= 0.6 is 0 Å². The van der Waals surface area contributed by atoms with Gasteiger partial charge in [-0.1, -0.05) is 56.9 Å². The van der Waals surface area contributed by atoms with Crippen molar-refractivity contribution in [2.24, 2.45) is 10.7 Å². The van der Waals surface area contributed by atoms with Gasteiger partial charge in [-0.25, -0.2) is 9.79 Å². The van der Waals surface area contributed by atoms with Gasteiger partial charge in [0.15, 0.2) is 0 Å². The first-order valence-corrected chi connectivity index (χ1v) is 8.35. The number of urea groups is 1. The van der Waals surface area contributed by atoms with E-state index in [9.17, 15) is 4.79 Å². The normalized spacial score (nSPS) is 12.4. The van der Waals surface area contributed by atoms with E-state index < -0.39 is 6.03 Å². The number of rotatable bonds is 12. The molecule has 0 unspecified atom stereocenters. The molecule has 0 atom stereocenters. The van der Waals surface area contributed by atoms with E-state index in [1.807, 2.05) is 13.0 Å². The minimum absolute atomic E-state index is 0.0586. The van der Waals surface area contributed by atoms with Gasteiger partial charge in [-0.15, -0.1) is 0 Å². The van der Waals surface area contributed by atoms with Gasteiger partial charge in [-0.05, 0) is 18.4 Å². The van der Waals surface area contributed by atoms with Crippen LogP contribution in [0.1, 0.15) is 26.2 Å². The SMILES string of the molecule is C=C/C=C\C(=C)CNC(=O)N(C=N)C(=C/CCC)/C(=C\CCO)N=CN. The van der Waals surface area contributed by atoms with Crippen LogP contribution in [0.15, 0.2) is 65.5 Å². The maximum absolute atomic E-state index is 12.5. The molecule has 0 aromatic heterocycles. The number of hydrogen-bond donors (Lipinski definition) is 4. The first-order valence-electron chi connectivity index (χ1n) is 8.35.